The summed E-state index contributed by atoms with van der Waals surface area (Å²) in [5.74, 6) is 0.685. The quantitative estimate of drug-likeness (QED) is 0.560. The SMILES string of the molecule is CC(C)[c-]1cccc1.CO.CO.CO.[Ti+2].c1cc[cH-]c1. The van der Waals surface area contributed by atoms with Crippen LogP contribution in [0.25, 0.3) is 0 Å². The molecule has 0 bridgehead atoms. The van der Waals surface area contributed by atoms with Gasteiger partial charge in [-0.1, -0.05) is 19.8 Å². The van der Waals surface area contributed by atoms with Crippen LogP contribution in [0.1, 0.15) is 25.3 Å². The number of aliphatic hydroxyl groups is 3. The van der Waals surface area contributed by atoms with E-state index >= 15 is 0 Å². The van der Waals surface area contributed by atoms with Gasteiger partial charge >= 0.3 is 21.7 Å². The first-order valence-corrected chi connectivity index (χ1v) is 6.03. The van der Waals surface area contributed by atoms with Crippen LogP contribution >= 0.6 is 0 Å². The van der Waals surface area contributed by atoms with Crippen LogP contribution in [0.15, 0.2) is 54.6 Å². The molecule has 0 unspecified atom stereocenters. The molecule has 0 aliphatic rings. The van der Waals surface area contributed by atoms with Crippen LogP contribution < -0.4 is 0 Å². The Bertz CT molecular complexity index is 272. The van der Waals surface area contributed by atoms with Gasteiger partial charge in [0.1, 0.15) is 0 Å². The van der Waals surface area contributed by atoms with E-state index in [4.69, 9.17) is 15.3 Å². The van der Waals surface area contributed by atoms with Gasteiger partial charge in [0.2, 0.25) is 0 Å². The normalized spacial score (nSPS) is 7.05. The Morgan fingerprint density at radius 2 is 1.10 bits per heavy atom. The minimum atomic E-state index is 0. The first kappa shape index (κ1) is 27.6. The molecule has 2 aromatic rings. The van der Waals surface area contributed by atoms with E-state index in [1.165, 1.54) is 5.56 Å². The molecule has 2 rings (SSSR count). The summed E-state index contributed by atoms with van der Waals surface area (Å²) in [5.41, 5.74) is 1.44. The van der Waals surface area contributed by atoms with E-state index < -0.39 is 0 Å². The largest absolute Gasteiger partial charge is 2.00 e. The van der Waals surface area contributed by atoms with Gasteiger partial charge in [0.25, 0.3) is 0 Å². The summed E-state index contributed by atoms with van der Waals surface area (Å²) >= 11 is 0. The Labute approximate surface area is 138 Å². The fourth-order valence-electron chi connectivity index (χ4n) is 1.09. The number of rotatable bonds is 1. The molecule has 0 aliphatic carbocycles. The second-order valence-corrected chi connectivity index (χ2v) is 3.34. The third-order valence-electron chi connectivity index (χ3n) is 1.91. The maximum atomic E-state index is 7.00. The van der Waals surface area contributed by atoms with Crippen molar-refractivity contribution in [3.05, 3.63) is 60.2 Å². The third-order valence-corrected chi connectivity index (χ3v) is 1.91. The predicted molar refractivity (Wildman–Crippen MR) is 82.6 cm³/mol. The molecule has 4 heteroatoms. The predicted octanol–water partition coefficient (Wildman–Crippen LogP) is 2.76. The zero-order chi connectivity index (χ0) is 15.5. The molecule has 0 fully saturated rings. The van der Waals surface area contributed by atoms with Crippen molar-refractivity contribution in [1.29, 1.82) is 0 Å². The summed E-state index contributed by atoms with van der Waals surface area (Å²) in [4.78, 5) is 0. The second-order valence-electron chi connectivity index (χ2n) is 3.34. The van der Waals surface area contributed by atoms with Crippen LogP contribution in [0.3, 0.4) is 0 Å². The van der Waals surface area contributed by atoms with Crippen LogP contribution in [-0.4, -0.2) is 36.6 Å². The molecule has 2 aromatic carbocycles. The average Bonchev–Trinajstić information content (AvgIpc) is 3.21. The fourth-order valence-corrected chi connectivity index (χ4v) is 1.09. The summed E-state index contributed by atoms with van der Waals surface area (Å²) in [7, 11) is 3.00. The van der Waals surface area contributed by atoms with Gasteiger partial charge in [0.15, 0.2) is 0 Å². The standard InChI is InChI=1S/C8H11.C5H5.3CH4O.Ti/c1-7(2)8-5-3-4-6-8;1-2-4-5-3-1;3*1-2;/h3-7H,1-2H3;1-5H;3*2H,1H3;/q2*-1;;;;+2. The van der Waals surface area contributed by atoms with Crippen molar-refractivity contribution in [2.45, 2.75) is 19.8 Å². The van der Waals surface area contributed by atoms with Gasteiger partial charge in [-0.05, 0) is 0 Å². The molecule has 0 saturated carbocycles. The molecular weight excluding hydrogens is 288 g/mol. The van der Waals surface area contributed by atoms with Crippen molar-refractivity contribution in [2.24, 2.45) is 0 Å². The van der Waals surface area contributed by atoms with Gasteiger partial charge < -0.3 is 15.3 Å². The van der Waals surface area contributed by atoms with Gasteiger partial charge in [-0.2, -0.15) is 35.9 Å². The van der Waals surface area contributed by atoms with Gasteiger partial charge in [0, 0.05) is 21.3 Å². The first-order valence-electron chi connectivity index (χ1n) is 6.03. The molecule has 0 spiro atoms. The van der Waals surface area contributed by atoms with E-state index in [0.29, 0.717) is 5.92 Å². The van der Waals surface area contributed by atoms with Crippen LogP contribution in [0.5, 0.6) is 0 Å². The monoisotopic (exact) mass is 316 g/mol. The van der Waals surface area contributed by atoms with E-state index in [-0.39, 0.29) is 21.7 Å². The zero-order valence-electron chi connectivity index (χ0n) is 13.1. The van der Waals surface area contributed by atoms with Gasteiger partial charge in [0.05, 0.1) is 0 Å². The Hall–Kier alpha value is -0.706. The maximum absolute atomic E-state index is 7.00. The molecule has 0 aromatic heterocycles. The fraction of sp³-hybridized carbons (Fsp3) is 0.375. The van der Waals surface area contributed by atoms with E-state index in [1.54, 1.807) is 0 Å². The second kappa shape index (κ2) is 26.8. The van der Waals surface area contributed by atoms with Crippen molar-refractivity contribution in [3.8, 4) is 0 Å². The number of aliphatic hydroxyl groups excluding tert-OH is 3. The first-order chi connectivity index (χ1) is 9.30. The van der Waals surface area contributed by atoms with Crippen molar-refractivity contribution in [1.82, 2.24) is 0 Å². The smallest absolute Gasteiger partial charge is 0.400 e. The summed E-state index contributed by atoms with van der Waals surface area (Å²) in [6, 6.07) is 18.5. The summed E-state index contributed by atoms with van der Waals surface area (Å²) in [5, 5.41) is 21.0. The Morgan fingerprint density at radius 1 is 0.750 bits per heavy atom. The molecule has 3 nitrogen and oxygen atoms in total. The third kappa shape index (κ3) is 19.6. The number of hydrogen-bond acceptors (Lipinski definition) is 3. The summed E-state index contributed by atoms with van der Waals surface area (Å²) in [6.07, 6.45) is 0. The van der Waals surface area contributed by atoms with Gasteiger partial charge in [-0.3, -0.25) is 0 Å². The maximum Gasteiger partial charge on any atom is 2.00 e. The van der Waals surface area contributed by atoms with E-state index in [1.807, 2.05) is 30.3 Å². The van der Waals surface area contributed by atoms with E-state index in [2.05, 4.69) is 38.1 Å². The minimum Gasteiger partial charge on any atom is -0.400 e. The Kier molecular flexibility index (Phi) is 37.0. The molecule has 0 radical (unpaired) electrons. The minimum absolute atomic E-state index is 0. The molecule has 20 heavy (non-hydrogen) atoms. The average molecular weight is 316 g/mol. The topological polar surface area (TPSA) is 60.7 Å². The molecule has 0 saturated heterocycles. The molecule has 0 heterocycles. The molecule has 0 amide bonds. The molecular formula is C16H28O3Ti. The molecule has 114 valence electrons. The van der Waals surface area contributed by atoms with Crippen LogP contribution in [-0.2, 0) is 21.7 Å². The van der Waals surface area contributed by atoms with Crippen LogP contribution in [0.2, 0.25) is 0 Å². The van der Waals surface area contributed by atoms with E-state index in [9.17, 15) is 0 Å². The molecule has 0 aliphatic heterocycles. The van der Waals surface area contributed by atoms with Crippen molar-refractivity contribution in [2.75, 3.05) is 21.3 Å². The Balaban J connectivity index is -0.0000000933. The van der Waals surface area contributed by atoms with Crippen molar-refractivity contribution < 1.29 is 37.0 Å². The van der Waals surface area contributed by atoms with Gasteiger partial charge in [-0.25, -0.2) is 24.3 Å². The van der Waals surface area contributed by atoms with Crippen LogP contribution in [0, 0.1) is 0 Å². The van der Waals surface area contributed by atoms with Crippen LogP contribution in [0.4, 0.5) is 0 Å². The van der Waals surface area contributed by atoms with Crippen molar-refractivity contribution in [3.63, 3.8) is 0 Å². The molecule has 0 atom stereocenters. The van der Waals surface area contributed by atoms with Crippen molar-refractivity contribution >= 4 is 0 Å². The molecule has 3 N–H and O–H groups in total. The van der Waals surface area contributed by atoms with E-state index in [0.717, 1.165) is 21.3 Å². The zero-order valence-corrected chi connectivity index (χ0v) is 14.7. The Morgan fingerprint density at radius 3 is 1.25 bits per heavy atom. The van der Waals surface area contributed by atoms with Gasteiger partial charge in [-0.15, -0.1) is 0 Å². The number of hydrogen-bond donors (Lipinski definition) is 3. The summed E-state index contributed by atoms with van der Waals surface area (Å²) < 4.78 is 0. The summed E-state index contributed by atoms with van der Waals surface area (Å²) in [6.45, 7) is 4.41.